The zero-order valence-corrected chi connectivity index (χ0v) is 28.6. The highest BCUT2D eigenvalue weighted by molar-refractivity contribution is 5.87. The van der Waals surface area contributed by atoms with Crippen molar-refractivity contribution in [1.82, 2.24) is 0 Å². The van der Waals surface area contributed by atoms with Gasteiger partial charge in [0.1, 0.15) is 0 Å². The number of unbranched alkanes of at least 4 members (excludes halogenated alkanes) is 2. The molecule has 0 unspecified atom stereocenters. The fraction of sp³-hybridized carbons (Fsp3) is 0.543. The summed E-state index contributed by atoms with van der Waals surface area (Å²) in [7, 11) is 0. The van der Waals surface area contributed by atoms with Crippen LogP contribution in [-0.2, 0) is 38.1 Å². The lowest BCUT2D eigenvalue weighted by Gasteiger charge is -2.01. The average Bonchev–Trinajstić information content (AvgIpc) is 2.99. The first kappa shape index (κ1) is 52.0. The van der Waals surface area contributed by atoms with Gasteiger partial charge >= 0.3 is 23.9 Å². The molecule has 43 heavy (non-hydrogen) atoms. The largest absolute Gasteiger partial charge is 0.463 e. The van der Waals surface area contributed by atoms with Crippen LogP contribution < -0.4 is 0 Å². The average molecular weight is 611 g/mol. The molecular weight excluding hydrogens is 548 g/mol. The van der Waals surface area contributed by atoms with Crippen LogP contribution in [-0.4, -0.2) is 50.3 Å². The Morgan fingerprint density at radius 3 is 1.09 bits per heavy atom. The lowest BCUT2D eigenvalue weighted by atomic mass is 10.3. The van der Waals surface area contributed by atoms with E-state index in [1.54, 1.807) is 19.9 Å². The minimum absolute atomic E-state index is 0.284. The molecule has 0 aromatic rings. The summed E-state index contributed by atoms with van der Waals surface area (Å²) in [4.78, 5) is 41.9. The van der Waals surface area contributed by atoms with Crippen LogP contribution in [0.25, 0.3) is 0 Å². The van der Waals surface area contributed by atoms with Crippen molar-refractivity contribution in [3.8, 4) is 0 Å². The highest BCUT2D eigenvalue weighted by Crippen LogP contribution is 1.94. The third kappa shape index (κ3) is 67.7. The molecule has 0 saturated carbocycles. The van der Waals surface area contributed by atoms with E-state index in [9.17, 15) is 19.2 Å². The van der Waals surface area contributed by atoms with E-state index < -0.39 is 0 Å². The summed E-state index contributed by atoms with van der Waals surface area (Å²) >= 11 is 0. The Morgan fingerprint density at radius 1 is 0.558 bits per heavy atom. The summed E-state index contributed by atoms with van der Waals surface area (Å²) in [6.07, 6.45) is 12.7. The molecule has 0 fully saturated rings. The minimum atomic E-state index is -0.341. The molecule has 0 aliphatic rings. The van der Waals surface area contributed by atoms with Crippen LogP contribution in [0.3, 0.4) is 0 Å². The monoisotopic (exact) mass is 610 g/mol. The molecule has 0 saturated heterocycles. The van der Waals surface area contributed by atoms with E-state index >= 15 is 0 Å². The summed E-state index contributed by atoms with van der Waals surface area (Å²) in [5.41, 5.74) is 0.930. The first-order valence-corrected chi connectivity index (χ1v) is 14.7. The van der Waals surface area contributed by atoms with Gasteiger partial charge in [0.15, 0.2) is 0 Å². The van der Waals surface area contributed by atoms with Gasteiger partial charge in [-0.25, -0.2) is 19.2 Å². The van der Waals surface area contributed by atoms with E-state index in [-0.39, 0.29) is 23.9 Å². The van der Waals surface area contributed by atoms with Gasteiger partial charge in [0.05, 0.1) is 26.4 Å². The van der Waals surface area contributed by atoms with E-state index in [0.717, 1.165) is 51.0 Å². The molecule has 0 radical (unpaired) electrons. The molecule has 250 valence electrons. The van der Waals surface area contributed by atoms with Crippen LogP contribution >= 0.6 is 0 Å². The molecule has 0 N–H and O–H groups in total. The number of carbonyl (C=O) groups excluding carboxylic acids is 4. The predicted molar refractivity (Wildman–Crippen MR) is 181 cm³/mol. The van der Waals surface area contributed by atoms with Crippen molar-refractivity contribution in [1.29, 1.82) is 0 Å². The Kier molecular flexibility index (Phi) is 58.1. The van der Waals surface area contributed by atoms with Crippen LogP contribution in [0.15, 0.2) is 74.9 Å². The van der Waals surface area contributed by atoms with Gasteiger partial charge in [-0.1, -0.05) is 85.9 Å². The molecule has 0 aromatic carbocycles. The smallest absolute Gasteiger partial charge is 0.333 e. The van der Waals surface area contributed by atoms with E-state index in [1.165, 1.54) is 6.08 Å². The molecular formula is C35H62O8. The summed E-state index contributed by atoms with van der Waals surface area (Å²) in [5, 5.41) is 0. The Balaban J connectivity index is -0.0000000990. The molecule has 0 rings (SSSR count). The third-order valence-corrected chi connectivity index (χ3v) is 3.68. The molecule has 0 aliphatic carbocycles. The van der Waals surface area contributed by atoms with Gasteiger partial charge in [0.25, 0.3) is 0 Å². The first-order chi connectivity index (χ1) is 20.3. The Morgan fingerprint density at radius 2 is 0.837 bits per heavy atom. The highest BCUT2D eigenvalue weighted by atomic mass is 16.5. The molecule has 0 spiro atoms. The quantitative estimate of drug-likeness (QED) is 0.0595. The second-order valence-electron chi connectivity index (χ2n) is 8.39. The van der Waals surface area contributed by atoms with Crippen molar-refractivity contribution < 1.29 is 38.1 Å². The van der Waals surface area contributed by atoms with Gasteiger partial charge in [-0.2, -0.15) is 0 Å². The van der Waals surface area contributed by atoms with E-state index in [1.807, 2.05) is 33.8 Å². The maximum absolute atomic E-state index is 10.7. The number of allylic oxidation sites excluding steroid dienone is 2. The second kappa shape index (κ2) is 48.1. The first-order valence-electron chi connectivity index (χ1n) is 14.7. The van der Waals surface area contributed by atoms with Gasteiger partial charge in [-0.15, -0.1) is 13.2 Å². The van der Waals surface area contributed by atoms with Crippen molar-refractivity contribution in [2.45, 2.75) is 100 Å². The predicted octanol–water partition coefficient (Wildman–Crippen LogP) is 8.84. The molecule has 8 nitrogen and oxygen atoms in total. The Bertz CT molecular complexity index is 749. The van der Waals surface area contributed by atoms with Crippen LogP contribution in [0.5, 0.6) is 0 Å². The summed E-state index contributed by atoms with van der Waals surface area (Å²) in [5.74, 6) is -1.25. The second-order valence-corrected chi connectivity index (χ2v) is 8.39. The van der Waals surface area contributed by atoms with Gasteiger partial charge in [-0.3, -0.25) is 0 Å². The number of ether oxygens (including phenoxy) is 4. The summed E-state index contributed by atoms with van der Waals surface area (Å²) in [6.45, 7) is 37.5. The van der Waals surface area contributed by atoms with Crippen molar-refractivity contribution >= 4 is 23.9 Å². The number of hydrogen-bond donors (Lipinski definition) is 0. The molecule has 0 heterocycles. The third-order valence-electron chi connectivity index (χ3n) is 3.68. The van der Waals surface area contributed by atoms with Crippen LogP contribution in [0, 0.1) is 0 Å². The zero-order valence-electron chi connectivity index (χ0n) is 28.6. The molecule has 0 atom stereocenters. The number of hydrogen-bond acceptors (Lipinski definition) is 8. The van der Waals surface area contributed by atoms with E-state index in [0.29, 0.717) is 37.6 Å². The molecule has 0 aromatic heterocycles. The van der Waals surface area contributed by atoms with Crippen molar-refractivity contribution in [2.24, 2.45) is 0 Å². The summed E-state index contributed by atoms with van der Waals surface area (Å²) < 4.78 is 18.8. The SMILES string of the molecule is C=C(C)C(=O)OCCC.C=C(C)C(=O)OCCCC.C=CC.C=CC(=O)OCCC.C=CC(=O)OCCCC.C=CCC. The topological polar surface area (TPSA) is 105 Å². The van der Waals surface area contributed by atoms with Crippen molar-refractivity contribution in [3.05, 3.63) is 74.9 Å². The lowest BCUT2D eigenvalue weighted by Crippen LogP contribution is -2.05. The zero-order chi connectivity index (χ0) is 34.9. The van der Waals surface area contributed by atoms with Crippen LogP contribution in [0.4, 0.5) is 0 Å². The Labute approximate surface area is 263 Å². The molecule has 0 amide bonds. The lowest BCUT2D eigenvalue weighted by molar-refractivity contribution is -0.139. The highest BCUT2D eigenvalue weighted by Gasteiger charge is 2.00. The van der Waals surface area contributed by atoms with Crippen molar-refractivity contribution in [3.63, 3.8) is 0 Å². The van der Waals surface area contributed by atoms with Crippen LogP contribution in [0.2, 0.25) is 0 Å². The fourth-order valence-corrected chi connectivity index (χ4v) is 1.39. The number of esters is 4. The maximum atomic E-state index is 10.7. The normalized spacial score (nSPS) is 8.09. The molecule has 0 bridgehead atoms. The molecule has 0 aliphatic heterocycles. The van der Waals surface area contributed by atoms with E-state index in [4.69, 9.17) is 9.47 Å². The van der Waals surface area contributed by atoms with Crippen LogP contribution in [0.1, 0.15) is 100 Å². The van der Waals surface area contributed by atoms with E-state index in [2.05, 4.69) is 62.8 Å². The number of rotatable bonds is 15. The standard InChI is InChI=1S/C8H14O2.2C7H12O2.C6H10O2.C4H8.C3H6/c1-4-5-6-10-8(9)7(2)3;1-4-5-9-7(8)6(2)3;1-3-5-6-9-7(8)4-2;1-3-5-8-6(7)4-2;1-3-4-2;1-3-2/h2,4-6H2,1,3H3;2,4-5H2,1,3H3;4H,2-3,5-6H2,1H3;4H,2-3,5H2,1H3;3H,1,4H2,2H3;3H,1H2,2H3. The minimum Gasteiger partial charge on any atom is -0.463 e. The van der Waals surface area contributed by atoms with Crippen molar-refractivity contribution in [2.75, 3.05) is 26.4 Å². The summed E-state index contributed by atoms with van der Waals surface area (Å²) in [6, 6.07) is 0. The number of carbonyl (C=O) groups is 4. The molecule has 8 heteroatoms. The van der Waals surface area contributed by atoms with Gasteiger partial charge in [0.2, 0.25) is 0 Å². The van der Waals surface area contributed by atoms with Gasteiger partial charge < -0.3 is 18.9 Å². The van der Waals surface area contributed by atoms with Gasteiger partial charge in [-0.05, 0) is 52.9 Å². The van der Waals surface area contributed by atoms with Gasteiger partial charge in [0, 0.05) is 23.3 Å². The maximum Gasteiger partial charge on any atom is 0.333 e. The fourth-order valence-electron chi connectivity index (χ4n) is 1.39. The Hall–Kier alpha value is -3.68.